The van der Waals surface area contributed by atoms with Gasteiger partial charge >= 0.3 is 5.97 Å². The van der Waals surface area contributed by atoms with Crippen molar-refractivity contribution < 1.29 is 9.90 Å². The van der Waals surface area contributed by atoms with Gasteiger partial charge in [-0.05, 0) is 25.2 Å². The molecule has 0 aromatic rings. The lowest BCUT2D eigenvalue weighted by atomic mass is 9.70. The first kappa shape index (κ1) is 12.5. The molecule has 3 N–H and O–H groups in total. The Morgan fingerprint density at radius 2 is 1.87 bits per heavy atom. The molecule has 15 heavy (non-hydrogen) atoms. The molecular weight excluding hydrogens is 190 g/mol. The molecule has 3 nitrogen and oxygen atoms in total. The number of carbonyl (C=O) groups is 1. The Labute approximate surface area is 92.0 Å². The van der Waals surface area contributed by atoms with Crippen molar-refractivity contribution in [2.75, 3.05) is 6.54 Å². The van der Waals surface area contributed by atoms with Crippen molar-refractivity contribution in [2.24, 2.45) is 17.1 Å². The zero-order valence-corrected chi connectivity index (χ0v) is 9.67. The maximum Gasteiger partial charge on any atom is 0.311 e. The third-order valence-electron chi connectivity index (χ3n) is 4.06. The average Bonchev–Trinajstić information content (AvgIpc) is 2.49. The first-order valence-corrected chi connectivity index (χ1v) is 6.11. The molecule has 0 aliphatic heterocycles. The summed E-state index contributed by atoms with van der Waals surface area (Å²) in [6.45, 7) is 2.23. The number of hydrogen-bond acceptors (Lipinski definition) is 2. The Hall–Kier alpha value is -0.570. The highest BCUT2D eigenvalue weighted by Gasteiger charge is 2.42. The summed E-state index contributed by atoms with van der Waals surface area (Å²) in [5, 5.41) is 9.39. The number of rotatable bonds is 4. The van der Waals surface area contributed by atoms with Gasteiger partial charge in [0.2, 0.25) is 0 Å². The molecule has 0 aromatic carbocycles. The van der Waals surface area contributed by atoms with Crippen molar-refractivity contribution in [1.82, 2.24) is 0 Å². The normalized spacial score (nSPS) is 23.1. The zero-order valence-electron chi connectivity index (χ0n) is 9.67. The fourth-order valence-electron chi connectivity index (χ4n) is 2.84. The highest BCUT2D eigenvalue weighted by molar-refractivity contribution is 5.75. The van der Waals surface area contributed by atoms with Crippen LogP contribution >= 0.6 is 0 Å². The van der Waals surface area contributed by atoms with E-state index < -0.39 is 11.4 Å². The first-order valence-electron chi connectivity index (χ1n) is 6.11. The van der Waals surface area contributed by atoms with E-state index >= 15 is 0 Å². The zero-order chi connectivity index (χ0) is 11.3. The molecule has 1 saturated carbocycles. The highest BCUT2D eigenvalue weighted by Crippen LogP contribution is 2.39. The topological polar surface area (TPSA) is 63.3 Å². The minimum Gasteiger partial charge on any atom is -0.481 e. The van der Waals surface area contributed by atoms with Gasteiger partial charge in [-0.3, -0.25) is 4.79 Å². The molecule has 1 unspecified atom stereocenters. The lowest BCUT2D eigenvalue weighted by molar-refractivity contribution is -0.152. The summed E-state index contributed by atoms with van der Waals surface area (Å²) in [6.07, 6.45) is 7.57. The molecule has 0 spiro atoms. The molecule has 0 radical (unpaired) electrons. The van der Waals surface area contributed by atoms with Crippen LogP contribution in [0.3, 0.4) is 0 Å². The standard InChI is InChI=1S/C12H23NO2/c1-2-12(9-13,11(14)15)10-7-5-3-4-6-8-10/h10H,2-9,13H2,1H3,(H,14,15). The van der Waals surface area contributed by atoms with Crippen molar-refractivity contribution in [3.8, 4) is 0 Å². The van der Waals surface area contributed by atoms with Crippen LogP contribution in [0.4, 0.5) is 0 Å². The number of hydrogen-bond donors (Lipinski definition) is 2. The molecule has 0 heterocycles. The fourth-order valence-corrected chi connectivity index (χ4v) is 2.84. The number of aliphatic carboxylic acids is 1. The molecule has 0 saturated heterocycles. The van der Waals surface area contributed by atoms with E-state index in [0.29, 0.717) is 6.42 Å². The van der Waals surface area contributed by atoms with E-state index in [1.807, 2.05) is 6.92 Å². The predicted octanol–water partition coefficient (Wildman–Crippen LogP) is 2.40. The molecular formula is C12H23NO2. The summed E-state index contributed by atoms with van der Waals surface area (Å²) in [6, 6.07) is 0. The summed E-state index contributed by atoms with van der Waals surface area (Å²) in [7, 11) is 0. The number of carboxylic acids is 1. The Kier molecular flexibility index (Phi) is 4.58. The van der Waals surface area contributed by atoms with Gasteiger partial charge < -0.3 is 10.8 Å². The third kappa shape index (κ3) is 2.51. The Bertz CT molecular complexity index is 204. The largest absolute Gasteiger partial charge is 0.481 e. The van der Waals surface area contributed by atoms with E-state index in [0.717, 1.165) is 12.8 Å². The first-order chi connectivity index (χ1) is 7.17. The average molecular weight is 213 g/mol. The number of carboxylic acid groups (broad SMARTS) is 1. The second kappa shape index (κ2) is 5.50. The van der Waals surface area contributed by atoms with Gasteiger partial charge in [-0.1, -0.05) is 32.6 Å². The summed E-state index contributed by atoms with van der Waals surface area (Å²) in [5.74, 6) is -0.410. The quantitative estimate of drug-likeness (QED) is 0.705. The van der Waals surface area contributed by atoms with Gasteiger partial charge in [-0.15, -0.1) is 0 Å². The van der Waals surface area contributed by atoms with E-state index in [4.69, 9.17) is 5.73 Å². The molecule has 1 rings (SSSR count). The summed E-state index contributed by atoms with van der Waals surface area (Å²) in [4.78, 5) is 11.4. The van der Waals surface area contributed by atoms with Crippen LogP contribution in [0.1, 0.15) is 51.9 Å². The lowest BCUT2D eigenvalue weighted by Gasteiger charge is -2.35. The van der Waals surface area contributed by atoms with E-state index in [9.17, 15) is 9.90 Å². The maximum absolute atomic E-state index is 11.4. The van der Waals surface area contributed by atoms with Crippen LogP contribution in [-0.2, 0) is 4.79 Å². The molecule has 1 aliphatic rings. The second-order valence-corrected chi connectivity index (χ2v) is 4.71. The van der Waals surface area contributed by atoms with E-state index in [2.05, 4.69) is 0 Å². The molecule has 1 aliphatic carbocycles. The van der Waals surface area contributed by atoms with Gasteiger partial charge in [-0.2, -0.15) is 0 Å². The predicted molar refractivity (Wildman–Crippen MR) is 60.6 cm³/mol. The van der Waals surface area contributed by atoms with Crippen LogP contribution in [0.25, 0.3) is 0 Å². The monoisotopic (exact) mass is 213 g/mol. The minimum atomic E-state index is -0.695. The summed E-state index contributed by atoms with van der Waals surface area (Å²) in [5.41, 5.74) is 5.06. The van der Waals surface area contributed by atoms with Crippen LogP contribution in [0.15, 0.2) is 0 Å². The van der Waals surface area contributed by atoms with Gasteiger partial charge in [0.25, 0.3) is 0 Å². The van der Waals surface area contributed by atoms with E-state index in [1.54, 1.807) is 0 Å². The van der Waals surface area contributed by atoms with E-state index in [-0.39, 0.29) is 12.5 Å². The van der Waals surface area contributed by atoms with Crippen LogP contribution in [0, 0.1) is 11.3 Å². The van der Waals surface area contributed by atoms with Crippen LogP contribution in [0.5, 0.6) is 0 Å². The molecule has 88 valence electrons. The van der Waals surface area contributed by atoms with Crippen molar-refractivity contribution in [3.63, 3.8) is 0 Å². The summed E-state index contributed by atoms with van der Waals surface area (Å²) < 4.78 is 0. The van der Waals surface area contributed by atoms with Crippen LogP contribution < -0.4 is 5.73 Å². The maximum atomic E-state index is 11.4. The molecule has 1 fully saturated rings. The smallest absolute Gasteiger partial charge is 0.311 e. The Morgan fingerprint density at radius 1 is 1.33 bits per heavy atom. The van der Waals surface area contributed by atoms with Gasteiger partial charge in [0.15, 0.2) is 0 Å². The fraction of sp³-hybridized carbons (Fsp3) is 0.917. The van der Waals surface area contributed by atoms with E-state index in [1.165, 1.54) is 25.7 Å². The van der Waals surface area contributed by atoms with Gasteiger partial charge in [-0.25, -0.2) is 0 Å². The van der Waals surface area contributed by atoms with Gasteiger partial charge in [0, 0.05) is 6.54 Å². The van der Waals surface area contributed by atoms with Crippen molar-refractivity contribution in [3.05, 3.63) is 0 Å². The van der Waals surface area contributed by atoms with Crippen molar-refractivity contribution in [2.45, 2.75) is 51.9 Å². The van der Waals surface area contributed by atoms with Crippen LogP contribution in [-0.4, -0.2) is 17.6 Å². The molecule has 0 amide bonds. The third-order valence-corrected chi connectivity index (χ3v) is 4.06. The number of nitrogens with two attached hydrogens (primary N) is 1. The van der Waals surface area contributed by atoms with Crippen molar-refractivity contribution >= 4 is 5.97 Å². The van der Waals surface area contributed by atoms with Crippen molar-refractivity contribution in [1.29, 1.82) is 0 Å². The second-order valence-electron chi connectivity index (χ2n) is 4.71. The Balaban J connectivity index is 2.81. The SMILES string of the molecule is CCC(CN)(C(=O)O)C1CCCCCC1. The molecule has 3 heteroatoms. The van der Waals surface area contributed by atoms with Gasteiger partial charge in [0.1, 0.15) is 0 Å². The Morgan fingerprint density at radius 3 is 2.20 bits per heavy atom. The minimum absolute atomic E-state index is 0.281. The summed E-state index contributed by atoms with van der Waals surface area (Å²) >= 11 is 0. The highest BCUT2D eigenvalue weighted by atomic mass is 16.4. The molecule has 0 bridgehead atoms. The lowest BCUT2D eigenvalue weighted by Crippen LogP contribution is -2.44. The van der Waals surface area contributed by atoms with Crippen LogP contribution in [0.2, 0.25) is 0 Å². The molecule has 1 atom stereocenters. The molecule has 0 aromatic heterocycles. The van der Waals surface area contributed by atoms with Gasteiger partial charge in [0.05, 0.1) is 5.41 Å².